The molecule has 0 radical (unpaired) electrons. The van der Waals surface area contributed by atoms with Gasteiger partial charge in [-0.05, 0) is 117 Å². The summed E-state index contributed by atoms with van der Waals surface area (Å²) >= 11 is 0. The summed E-state index contributed by atoms with van der Waals surface area (Å²) < 4.78 is 48.7. The third-order valence-corrected chi connectivity index (χ3v) is 15.4. The van der Waals surface area contributed by atoms with Crippen LogP contribution in [0.15, 0.2) is 23.5 Å². The lowest BCUT2D eigenvalue weighted by molar-refractivity contribution is -0.0761. The quantitative estimate of drug-likeness (QED) is 0.340. The minimum atomic E-state index is -3.26. The molecule has 1 aromatic rings. The summed E-state index contributed by atoms with van der Waals surface area (Å²) in [5.74, 6) is 7.54. The van der Waals surface area contributed by atoms with Crippen LogP contribution in [-0.4, -0.2) is 63.6 Å². The lowest BCUT2D eigenvalue weighted by Gasteiger charge is -2.52. The van der Waals surface area contributed by atoms with Crippen LogP contribution < -0.4 is 0 Å². The van der Waals surface area contributed by atoms with Crippen LogP contribution in [0.1, 0.15) is 83.8 Å². The van der Waals surface area contributed by atoms with Crippen molar-refractivity contribution < 1.29 is 17.4 Å². The minimum absolute atomic E-state index is 0.143. The van der Waals surface area contributed by atoms with E-state index in [4.69, 9.17) is 4.74 Å². The zero-order valence-corrected chi connectivity index (χ0v) is 27.5. The van der Waals surface area contributed by atoms with Gasteiger partial charge in [0.05, 0.1) is 24.0 Å². The Morgan fingerprint density at radius 1 is 1.02 bits per heavy atom. The Kier molecular flexibility index (Phi) is 6.44. The molecule has 2 aliphatic heterocycles. The smallest absolute Gasteiger partial charge is 0.235 e. The first-order chi connectivity index (χ1) is 19.1. The molecule has 8 heteroatoms. The predicted molar refractivity (Wildman–Crippen MR) is 167 cm³/mol. The fourth-order valence-electron chi connectivity index (χ4n) is 11.0. The van der Waals surface area contributed by atoms with E-state index in [1.807, 2.05) is 18.6 Å². The number of allylic oxidation sites excluding steroid dienone is 1. The van der Waals surface area contributed by atoms with Gasteiger partial charge in [-0.3, -0.25) is 8.18 Å². The van der Waals surface area contributed by atoms with Gasteiger partial charge in [0.15, 0.2) is 0 Å². The SMILES string of the molecule is C=S(C)(=O)N1C[C@@H](C)C[C@H]2O[C@]3(CC[C@@H]4C(=C(C)C3)C[C@H]3[C@H]4CC[C@@H]4Cc5cn(S(C)(=O)=O)cc5C[C@@]43C)[C@H](C)[C@@H]21. The van der Waals surface area contributed by atoms with Crippen molar-refractivity contribution in [1.82, 2.24) is 8.28 Å². The van der Waals surface area contributed by atoms with Gasteiger partial charge in [0.25, 0.3) is 0 Å². The van der Waals surface area contributed by atoms with E-state index < -0.39 is 19.7 Å². The number of fused-ring (bicyclic) bond motifs is 7. The summed E-state index contributed by atoms with van der Waals surface area (Å²) in [7, 11) is -5.55. The third-order valence-electron chi connectivity index (χ3n) is 13.0. The van der Waals surface area contributed by atoms with E-state index in [2.05, 4.69) is 37.9 Å². The van der Waals surface area contributed by atoms with E-state index in [-0.39, 0.29) is 23.2 Å². The van der Waals surface area contributed by atoms with Crippen LogP contribution in [0.4, 0.5) is 0 Å². The normalized spacial score (nSPS) is 45.8. The Morgan fingerprint density at radius 3 is 2.46 bits per heavy atom. The van der Waals surface area contributed by atoms with Crippen LogP contribution >= 0.6 is 0 Å². The van der Waals surface area contributed by atoms with E-state index in [0.717, 1.165) is 38.6 Å². The van der Waals surface area contributed by atoms with Crippen LogP contribution in [0.3, 0.4) is 0 Å². The van der Waals surface area contributed by atoms with Gasteiger partial charge in [0.2, 0.25) is 10.0 Å². The summed E-state index contributed by atoms with van der Waals surface area (Å²) in [5.41, 5.74) is 5.81. The fourth-order valence-corrected chi connectivity index (χ4v) is 13.1. The summed E-state index contributed by atoms with van der Waals surface area (Å²) in [6.45, 7) is 10.4. The van der Waals surface area contributed by atoms with E-state index in [1.54, 1.807) is 11.1 Å². The first-order valence-corrected chi connectivity index (χ1v) is 19.9. The second kappa shape index (κ2) is 9.21. The Hall–Kier alpha value is -1.09. The second-order valence-corrected chi connectivity index (χ2v) is 19.8. The second-order valence-electron chi connectivity index (χ2n) is 15.6. The molecule has 228 valence electrons. The van der Waals surface area contributed by atoms with Crippen LogP contribution in [0.25, 0.3) is 0 Å². The van der Waals surface area contributed by atoms with Crippen molar-refractivity contribution in [3.63, 3.8) is 0 Å². The highest BCUT2D eigenvalue weighted by Crippen LogP contribution is 2.64. The highest BCUT2D eigenvalue weighted by atomic mass is 32.2. The molecule has 41 heavy (non-hydrogen) atoms. The van der Waals surface area contributed by atoms with E-state index >= 15 is 0 Å². The average Bonchev–Trinajstić information content (AvgIpc) is 3.50. The first kappa shape index (κ1) is 28.7. The highest BCUT2D eigenvalue weighted by Gasteiger charge is 2.60. The lowest BCUT2D eigenvalue weighted by atomic mass is 9.52. The summed E-state index contributed by atoms with van der Waals surface area (Å²) in [5, 5.41) is 0. The highest BCUT2D eigenvalue weighted by molar-refractivity contribution is 7.97. The molecule has 4 aliphatic carbocycles. The maximum atomic E-state index is 13.3. The molecule has 1 spiro atoms. The molecule has 0 amide bonds. The molecule has 0 N–H and O–H groups in total. The zero-order valence-electron chi connectivity index (χ0n) is 25.9. The maximum Gasteiger partial charge on any atom is 0.235 e. The summed E-state index contributed by atoms with van der Waals surface area (Å²) in [6.07, 6.45) is 17.1. The Bertz CT molecular complexity index is 1510. The number of piperidine rings is 1. The van der Waals surface area contributed by atoms with Crippen molar-refractivity contribution in [2.24, 2.45) is 40.9 Å². The molecule has 11 atom stereocenters. The van der Waals surface area contributed by atoms with Crippen LogP contribution in [0.5, 0.6) is 0 Å². The molecule has 2 saturated carbocycles. The molecule has 2 saturated heterocycles. The third kappa shape index (κ3) is 4.31. The van der Waals surface area contributed by atoms with Gasteiger partial charge < -0.3 is 4.74 Å². The van der Waals surface area contributed by atoms with Crippen molar-refractivity contribution >= 4 is 25.6 Å². The van der Waals surface area contributed by atoms with Crippen molar-refractivity contribution in [1.29, 1.82) is 0 Å². The molecule has 6 aliphatic rings. The van der Waals surface area contributed by atoms with Crippen molar-refractivity contribution in [2.45, 2.75) is 103 Å². The molecule has 3 heterocycles. The Balaban J connectivity index is 1.18. The predicted octanol–water partition coefficient (Wildman–Crippen LogP) is 5.31. The van der Waals surface area contributed by atoms with Gasteiger partial charge in [-0.2, -0.15) is 0 Å². The number of ether oxygens (including phenoxy) is 1. The first-order valence-electron chi connectivity index (χ1n) is 16.0. The van der Waals surface area contributed by atoms with Crippen molar-refractivity contribution in [2.75, 3.05) is 19.1 Å². The maximum absolute atomic E-state index is 13.3. The minimum Gasteiger partial charge on any atom is -0.369 e. The largest absolute Gasteiger partial charge is 0.369 e. The molecule has 1 unspecified atom stereocenters. The summed E-state index contributed by atoms with van der Waals surface area (Å²) in [6, 6.07) is 0.190. The Labute approximate surface area is 248 Å². The molecule has 0 aromatic carbocycles. The summed E-state index contributed by atoms with van der Waals surface area (Å²) in [4.78, 5) is 0. The standard InChI is InChI=1S/C33H50N2O4S2/c1-20-12-30-31(35(17-20)40(5,6)36)22(3)33(39-30)11-10-26-27-9-8-25-13-23-18-34(41(7,37)38)19-24(23)16-32(25,4)29(27)14-28(26)21(2)15-33/h18-20,22,25-27,29-31H,5,8-17H2,1-4,6-7H3/t20-,22+,25+,26-,27-,29-,30+,31-,32-,33-,40?/m0/s1. The molecule has 1 aromatic heterocycles. The Morgan fingerprint density at radius 2 is 1.76 bits per heavy atom. The number of hydrogen-bond acceptors (Lipinski definition) is 4. The van der Waals surface area contributed by atoms with Crippen LogP contribution in [0.2, 0.25) is 0 Å². The van der Waals surface area contributed by atoms with Gasteiger partial charge in [0, 0.05) is 40.8 Å². The molecule has 0 bridgehead atoms. The number of hydrogen-bond donors (Lipinski definition) is 0. The molecule has 4 fully saturated rings. The van der Waals surface area contributed by atoms with Gasteiger partial charge in [-0.1, -0.05) is 31.9 Å². The molecular formula is C33H50N2O4S2. The van der Waals surface area contributed by atoms with Gasteiger partial charge in [-0.25, -0.2) is 12.7 Å². The van der Waals surface area contributed by atoms with E-state index in [1.165, 1.54) is 47.0 Å². The topological polar surface area (TPSA) is 68.6 Å². The number of nitrogens with zero attached hydrogens (tertiary/aromatic N) is 2. The lowest BCUT2D eigenvalue weighted by Crippen LogP contribution is -2.53. The molecular weight excluding hydrogens is 553 g/mol. The zero-order chi connectivity index (χ0) is 29.3. The molecule has 6 nitrogen and oxygen atoms in total. The van der Waals surface area contributed by atoms with E-state index in [9.17, 15) is 12.6 Å². The number of aromatic nitrogens is 1. The van der Waals surface area contributed by atoms with E-state index in [0.29, 0.717) is 35.5 Å². The molecule has 7 rings (SSSR count). The van der Waals surface area contributed by atoms with Gasteiger partial charge >= 0.3 is 0 Å². The van der Waals surface area contributed by atoms with Crippen molar-refractivity contribution in [3.05, 3.63) is 34.7 Å². The number of rotatable bonds is 2. The van der Waals surface area contributed by atoms with Crippen molar-refractivity contribution in [3.8, 4) is 0 Å². The van der Waals surface area contributed by atoms with Gasteiger partial charge in [0.1, 0.15) is 0 Å². The monoisotopic (exact) mass is 602 g/mol. The van der Waals surface area contributed by atoms with Crippen LogP contribution in [-0.2, 0) is 37.3 Å². The van der Waals surface area contributed by atoms with Gasteiger partial charge in [-0.15, -0.1) is 0 Å². The average molecular weight is 603 g/mol. The van der Waals surface area contributed by atoms with Crippen LogP contribution in [0, 0.1) is 40.9 Å². The fraction of sp³-hybridized carbons (Fsp3) is 0.788.